The van der Waals surface area contributed by atoms with Crippen molar-refractivity contribution in [1.29, 1.82) is 0 Å². The molecule has 0 aliphatic carbocycles. The molecule has 3 aliphatic rings. The van der Waals surface area contributed by atoms with Gasteiger partial charge < -0.3 is 10.2 Å². The molecule has 1 aromatic carbocycles. The fourth-order valence-corrected chi connectivity index (χ4v) is 2.85. The maximum Gasteiger partial charge on any atom is 0.248 e. The molecule has 0 bridgehead atoms. The Morgan fingerprint density at radius 1 is 1.19 bits per heavy atom. The van der Waals surface area contributed by atoms with Crippen LogP contribution in [0.2, 0.25) is 0 Å². The third-order valence-electron chi connectivity index (χ3n) is 3.79. The molecule has 0 saturated carbocycles. The minimum absolute atomic E-state index is 0.113. The topological polar surface area (TPSA) is 44.7 Å². The van der Waals surface area contributed by atoms with Crippen LogP contribution in [0.3, 0.4) is 0 Å². The first-order valence-electron chi connectivity index (χ1n) is 6.76. The number of halogens is 1. The van der Waals surface area contributed by atoms with E-state index in [0.717, 1.165) is 41.3 Å². The molecule has 0 atom stereocenters. The van der Waals surface area contributed by atoms with E-state index in [4.69, 9.17) is 0 Å². The summed E-state index contributed by atoms with van der Waals surface area (Å²) in [5, 5.41) is 2.91. The van der Waals surface area contributed by atoms with Gasteiger partial charge in [0.05, 0.1) is 5.70 Å². The van der Waals surface area contributed by atoms with Crippen molar-refractivity contribution in [3.05, 3.63) is 71.0 Å². The normalized spacial score (nSPS) is 19.9. The quantitative estimate of drug-likeness (QED) is 0.856. The van der Waals surface area contributed by atoms with Crippen LogP contribution in [0.15, 0.2) is 64.6 Å². The maximum atomic E-state index is 13.1. The Hall–Kier alpha value is -2.69. The van der Waals surface area contributed by atoms with Crippen molar-refractivity contribution in [3.63, 3.8) is 0 Å². The molecule has 0 spiro atoms. The smallest absolute Gasteiger partial charge is 0.248 e. The molecule has 1 aromatic rings. The number of rotatable bonds is 1. The average Bonchev–Trinajstić information content (AvgIpc) is 2.82. The van der Waals surface area contributed by atoms with Gasteiger partial charge in [-0.05, 0) is 30.3 Å². The molecule has 104 valence electrons. The Bertz CT molecular complexity index is 756. The highest BCUT2D eigenvalue weighted by molar-refractivity contribution is 6.02. The Morgan fingerprint density at radius 3 is 2.81 bits per heavy atom. The Labute approximate surface area is 121 Å². The summed E-state index contributed by atoms with van der Waals surface area (Å²) in [6, 6.07) is 6.29. The monoisotopic (exact) mass is 281 g/mol. The highest BCUT2D eigenvalue weighted by Crippen LogP contribution is 2.34. The summed E-state index contributed by atoms with van der Waals surface area (Å²) in [7, 11) is 0. The molecule has 4 nitrogen and oxygen atoms in total. The van der Waals surface area contributed by atoms with Crippen LogP contribution in [0.25, 0.3) is 0 Å². The molecule has 21 heavy (non-hydrogen) atoms. The van der Waals surface area contributed by atoms with Crippen molar-refractivity contribution in [2.45, 2.75) is 6.42 Å². The molecule has 0 radical (unpaired) electrons. The molecule has 0 aromatic heterocycles. The molecule has 0 fully saturated rings. The Morgan fingerprint density at radius 2 is 2.00 bits per heavy atom. The Kier molecular flexibility index (Phi) is 2.54. The van der Waals surface area contributed by atoms with Crippen LogP contribution in [0, 0.1) is 5.82 Å². The van der Waals surface area contributed by atoms with E-state index in [0.29, 0.717) is 0 Å². The zero-order valence-corrected chi connectivity index (χ0v) is 11.1. The molecule has 0 saturated heterocycles. The van der Waals surface area contributed by atoms with Gasteiger partial charge in [-0.3, -0.25) is 4.79 Å². The van der Waals surface area contributed by atoms with Gasteiger partial charge in [0.15, 0.2) is 0 Å². The largest absolute Gasteiger partial charge is 0.324 e. The van der Waals surface area contributed by atoms with Crippen LogP contribution >= 0.6 is 0 Å². The molecular weight excluding hydrogens is 269 g/mol. The van der Waals surface area contributed by atoms with Gasteiger partial charge in [0.25, 0.3) is 0 Å². The number of nitrogens with zero attached hydrogens (tertiary/aromatic N) is 2. The lowest BCUT2D eigenvalue weighted by Gasteiger charge is -2.27. The van der Waals surface area contributed by atoms with E-state index in [2.05, 4.69) is 15.2 Å². The average molecular weight is 281 g/mol. The first-order chi connectivity index (χ1) is 10.2. The molecule has 1 N–H and O–H groups in total. The Balaban J connectivity index is 1.82. The second kappa shape index (κ2) is 4.41. The first kappa shape index (κ1) is 12.1. The summed E-state index contributed by atoms with van der Waals surface area (Å²) >= 11 is 0. The number of carbonyl (C=O) groups excluding carboxylic acids is 1. The van der Waals surface area contributed by atoms with Gasteiger partial charge in [0, 0.05) is 42.1 Å². The number of hydrogen-bond donors (Lipinski definition) is 1. The van der Waals surface area contributed by atoms with Crippen LogP contribution in [0.5, 0.6) is 0 Å². The van der Waals surface area contributed by atoms with E-state index >= 15 is 0 Å². The summed E-state index contributed by atoms with van der Waals surface area (Å²) in [6.07, 6.45) is 5.81. The van der Waals surface area contributed by atoms with Gasteiger partial charge in [0.1, 0.15) is 11.7 Å². The van der Waals surface area contributed by atoms with Crippen LogP contribution in [0.4, 0.5) is 4.39 Å². The minimum Gasteiger partial charge on any atom is -0.324 e. The predicted octanol–water partition coefficient (Wildman–Crippen LogP) is 2.07. The molecule has 3 aliphatic heterocycles. The second-order valence-corrected chi connectivity index (χ2v) is 5.10. The lowest BCUT2D eigenvalue weighted by Crippen LogP contribution is -2.31. The fraction of sp³-hybridized carbons (Fsp3) is 0.125. The van der Waals surface area contributed by atoms with Crippen molar-refractivity contribution < 1.29 is 9.18 Å². The van der Waals surface area contributed by atoms with Gasteiger partial charge in [-0.25, -0.2) is 9.38 Å². The van der Waals surface area contributed by atoms with Crippen molar-refractivity contribution >= 4 is 11.7 Å². The summed E-state index contributed by atoms with van der Waals surface area (Å²) in [5.41, 5.74) is 3.70. The second-order valence-electron chi connectivity index (χ2n) is 5.10. The number of aliphatic imine (C=N–C) groups is 1. The molecule has 0 unspecified atom stereocenters. The van der Waals surface area contributed by atoms with E-state index in [1.807, 2.05) is 0 Å². The number of benzene rings is 1. The third kappa shape index (κ3) is 1.89. The standard InChI is InChI=1S/C16H12FN3O/c17-12-4-1-10(2-5-12)16-18-9-11-3-6-14(21)19-13-7-8-20(16)15(11)13/h1-6,9H,7-8H2,(H,19,21). The highest BCUT2D eigenvalue weighted by atomic mass is 19.1. The number of allylic oxidation sites excluding steroid dienone is 1. The zero-order chi connectivity index (χ0) is 14.4. The number of hydrogen-bond acceptors (Lipinski definition) is 3. The van der Waals surface area contributed by atoms with Crippen molar-refractivity contribution in [3.8, 4) is 0 Å². The fourth-order valence-electron chi connectivity index (χ4n) is 2.85. The zero-order valence-electron chi connectivity index (χ0n) is 11.1. The molecular formula is C16H12FN3O. The summed E-state index contributed by atoms with van der Waals surface area (Å²) in [4.78, 5) is 18.2. The minimum atomic E-state index is -0.266. The first-order valence-corrected chi connectivity index (χ1v) is 6.76. The lowest BCUT2D eigenvalue weighted by atomic mass is 10.1. The van der Waals surface area contributed by atoms with E-state index in [1.165, 1.54) is 18.2 Å². The van der Waals surface area contributed by atoms with Gasteiger partial charge >= 0.3 is 0 Å². The third-order valence-corrected chi connectivity index (χ3v) is 3.79. The number of nitrogens with one attached hydrogen (secondary N) is 1. The van der Waals surface area contributed by atoms with Gasteiger partial charge in [0.2, 0.25) is 5.91 Å². The SMILES string of the molecule is O=C1C=CC2=CN=C(c3ccc(F)cc3)N3CCC(=C23)N1. The summed E-state index contributed by atoms with van der Waals surface area (Å²) in [5.74, 6) is 0.406. The van der Waals surface area contributed by atoms with E-state index in [-0.39, 0.29) is 11.7 Å². The molecule has 4 rings (SSSR count). The summed E-state index contributed by atoms with van der Waals surface area (Å²) in [6.45, 7) is 0.756. The van der Waals surface area contributed by atoms with Crippen LogP contribution in [-0.2, 0) is 4.79 Å². The van der Waals surface area contributed by atoms with Gasteiger partial charge in [-0.2, -0.15) is 0 Å². The van der Waals surface area contributed by atoms with E-state index < -0.39 is 0 Å². The maximum absolute atomic E-state index is 13.1. The number of amidine groups is 1. The van der Waals surface area contributed by atoms with E-state index in [1.54, 1.807) is 24.4 Å². The predicted molar refractivity (Wildman–Crippen MR) is 76.7 cm³/mol. The van der Waals surface area contributed by atoms with Gasteiger partial charge in [-0.15, -0.1) is 0 Å². The summed E-state index contributed by atoms with van der Waals surface area (Å²) < 4.78 is 13.1. The van der Waals surface area contributed by atoms with Crippen LogP contribution in [0.1, 0.15) is 12.0 Å². The van der Waals surface area contributed by atoms with Gasteiger partial charge in [-0.1, -0.05) is 0 Å². The van der Waals surface area contributed by atoms with Crippen molar-refractivity contribution in [2.75, 3.05) is 6.54 Å². The molecule has 3 heterocycles. The molecule has 5 heteroatoms. The van der Waals surface area contributed by atoms with Crippen LogP contribution in [-0.4, -0.2) is 23.2 Å². The molecule has 1 amide bonds. The van der Waals surface area contributed by atoms with Crippen molar-refractivity contribution in [1.82, 2.24) is 10.2 Å². The lowest BCUT2D eigenvalue weighted by molar-refractivity contribution is -0.115. The van der Waals surface area contributed by atoms with Crippen LogP contribution < -0.4 is 5.32 Å². The number of carbonyl (C=O) groups is 1. The van der Waals surface area contributed by atoms with Crippen molar-refractivity contribution in [2.24, 2.45) is 4.99 Å². The van der Waals surface area contributed by atoms with E-state index in [9.17, 15) is 9.18 Å². The highest BCUT2D eigenvalue weighted by Gasteiger charge is 2.32. The number of amides is 1.